The number of aryl methyl sites for hydroxylation is 1. The number of rotatable bonds is 14. The van der Waals surface area contributed by atoms with Gasteiger partial charge >= 0.3 is 7.60 Å². The summed E-state index contributed by atoms with van der Waals surface area (Å²) in [4.78, 5) is 17.9. The number of anilines is 1. The van der Waals surface area contributed by atoms with E-state index in [1.165, 1.54) is 6.07 Å². The van der Waals surface area contributed by atoms with Crippen LogP contribution >= 0.6 is 7.60 Å². The molecule has 0 aliphatic rings. The molecule has 0 bridgehead atoms. The maximum Gasteiger partial charge on any atom is 0.325 e. The predicted octanol–water partition coefficient (Wildman–Crippen LogP) is 5.58. The standard InChI is InChI=1S/C26H34FN2O5P/c1-19(2)34-26-11-9-20(17-23(26)27)6-3-13-29-24-10-8-21(16-22(24)25-7-4-14-33-25)18-28-12-5-15-35(30,31)32/h4,7-11,14,16-17,19,28-29H,3,5-6,12-13,15,18H2,1-2H3,(H2,30,31,32). The van der Waals surface area contributed by atoms with Crippen molar-refractivity contribution in [2.24, 2.45) is 0 Å². The average molecular weight is 505 g/mol. The van der Waals surface area contributed by atoms with E-state index >= 15 is 0 Å². The van der Waals surface area contributed by atoms with Crippen LogP contribution in [0.5, 0.6) is 5.75 Å². The van der Waals surface area contributed by atoms with Gasteiger partial charge in [0.25, 0.3) is 0 Å². The number of nitrogens with one attached hydrogen (secondary N) is 2. The molecule has 190 valence electrons. The van der Waals surface area contributed by atoms with E-state index in [9.17, 15) is 8.96 Å². The summed E-state index contributed by atoms with van der Waals surface area (Å²) in [5.41, 5.74) is 3.84. The summed E-state index contributed by atoms with van der Waals surface area (Å²) in [5, 5.41) is 6.68. The number of benzene rings is 2. The molecule has 1 aromatic heterocycles. The fourth-order valence-electron chi connectivity index (χ4n) is 3.70. The fraction of sp³-hybridized carbons (Fsp3) is 0.385. The van der Waals surface area contributed by atoms with Gasteiger partial charge in [-0.25, -0.2) is 4.39 Å². The monoisotopic (exact) mass is 504 g/mol. The lowest BCUT2D eigenvalue weighted by atomic mass is 10.1. The first kappa shape index (κ1) is 27.0. The second-order valence-corrected chi connectivity index (χ2v) is 10.5. The Balaban J connectivity index is 1.55. The van der Waals surface area contributed by atoms with Gasteiger partial charge in [-0.2, -0.15) is 0 Å². The van der Waals surface area contributed by atoms with Gasteiger partial charge in [-0.05, 0) is 87.2 Å². The normalized spacial score (nSPS) is 11.7. The Hall–Kier alpha value is -2.64. The first-order chi connectivity index (χ1) is 16.7. The van der Waals surface area contributed by atoms with Gasteiger partial charge in [0.1, 0.15) is 5.76 Å². The zero-order valence-corrected chi connectivity index (χ0v) is 21.1. The molecule has 0 aliphatic heterocycles. The molecule has 0 amide bonds. The molecule has 0 radical (unpaired) electrons. The van der Waals surface area contributed by atoms with Gasteiger partial charge in [0.05, 0.1) is 18.5 Å². The summed E-state index contributed by atoms with van der Waals surface area (Å²) < 4.78 is 36.3. The maximum atomic E-state index is 14.2. The van der Waals surface area contributed by atoms with E-state index in [1.807, 2.05) is 50.2 Å². The first-order valence-electron chi connectivity index (χ1n) is 11.8. The smallest absolute Gasteiger partial charge is 0.325 e. The fourth-order valence-corrected chi connectivity index (χ4v) is 4.27. The van der Waals surface area contributed by atoms with Gasteiger partial charge in [0, 0.05) is 24.3 Å². The van der Waals surface area contributed by atoms with E-state index < -0.39 is 7.60 Å². The third-order valence-corrected chi connectivity index (χ3v) is 6.22. The molecular formula is C26H34FN2O5P. The Morgan fingerprint density at radius 3 is 2.54 bits per heavy atom. The third kappa shape index (κ3) is 9.15. The summed E-state index contributed by atoms with van der Waals surface area (Å²) >= 11 is 0. The quantitative estimate of drug-likeness (QED) is 0.168. The lowest BCUT2D eigenvalue weighted by Crippen LogP contribution is -2.16. The number of hydrogen-bond acceptors (Lipinski definition) is 5. The number of ether oxygens (including phenoxy) is 1. The minimum Gasteiger partial charge on any atom is -0.488 e. The van der Waals surface area contributed by atoms with Crippen molar-refractivity contribution >= 4 is 13.3 Å². The molecule has 1 heterocycles. The zero-order chi connectivity index (χ0) is 25.3. The Morgan fingerprint density at radius 2 is 1.86 bits per heavy atom. The SMILES string of the molecule is CC(C)Oc1ccc(CCCNc2ccc(CNCCCP(=O)(O)O)cc2-c2ccco2)cc1F. The van der Waals surface area contributed by atoms with Crippen LogP contribution in [0.15, 0.2) is 59.2 Å². The van der Waals surface area contributed by atoms with Crippen LogP contribution in [0, 0.1) is 5.82 Å². The molecule has 35 heavy (non-hydrogen) atoms. The van der Waals surface area contributed by atoms with E-state index in [-0.39, 0.29) is 23.8 Å². The van der Waals surface area contributed by atoms with Crippen LogP contribution in [0.4, 0.5) is 10.1 Å². The molecule has 0 aliphatic carbocycles. The van der Waals surface area contributed by atoms with Crippen LogP contribution in [0.1, 0.15) is 37.8 Å². The molecule has 4 N–H and O–H groups in total. The highest BCUT2D eigenvalue weighted by molar-refractivity contribution is 7.51. The Labute approximate surface area is 205 Å². The summed E-state index contributed by atoms with van der Waals surface area (Å²) in [6.45, 7) is 5.55. The molecule has 0 saturated heterocycles. The Kier molecular flexibility index (Phi) is 9.93. The number of furan rings is 1. The summed E-state index contributed by atoms with van der Waals surface area (Å²) in [6.07, 6.45) is 3.41. The largest absolute Gasteiger partial charge is 0.488 e. The van der Waals surface area contributed by atoms with Crippen molar-refractivity contribution in [3.8, 4) is 17.1 Å². The van der Waals surface area contributed by atoms with E-state index in [1.54, 1.807) is 12.3 Å². The molecule has 0 saturated carbocycles. The van der Waals surface area contributed by atoms with Crippen molar-refractivity contribution in [2.75, 3.05) is 24.6 Å². The summed E-state index contributed by atoms with van der Waals surface area (Å²) in [7, 11) is -3.95. The highest BCUT2D eigenvalue weighted by Gasteiger charge is 2.12. The van der Waals surface area contributed by atoms with E-state index in [0.29, 0.717) is 26.1 Å². The molecule has 9 heteroatoms. The molecule has 0 atom stereocenters. The molecule has 2 aromatic carbocycles. The topological polar surface area (TPSA) is 104 Å². The third-order valence-electron chi connectivity index (χ3n) is 5.32. The highest BCUT2D eigenvalue weighted by atomic mass is 31.2. The second kappa shape index (κ2) is 12.9. The number of hydrogen-bond donors (Lipinski definition) is 4. The van der Waals surface area contributed by atoms with Crippen molar-refractivity contribution in [3.05, 3.63) is 71.7 Å². The lowest BCUT2D eigenvalue weighted by molar-refractivity contribution is 0.231. The molecule has 3 aromatic rings. The summed E-state index contributed by atoms with van der Waals surface area (Å²) in [5.74, 6) is 0.690. The van der Waals surface area contributed by atoms with Crippen LogP contribution in [-0.4, -0.2) is 35.1 Å². The van der Waals surface area contributed by atoms with Crippen molar-refractivity contribution < 1.29 is 27.9 Å². The van der Waals surface area contributed by atoms with E-state index in [2.05, 4.69) is 10.6 Å². The van der Waals surface area contributed by atoms with Crippen LogP contribution in [0.3, 0.4) is 0 Å². The lowest BCUT2D eigenvalue weighted by Gasteiger charge is -2.14. The minimum absolute atomic E-state index is 0.0714. The molecule has 0 unspecified atom stereocenters. The van der Waals surface area contributed by atoms with Gasteiger partial charge in [0.2, 0.25) is 0 Å². The first-order valence-corrected chi connectivity index (χ1v) is 13.6. The second-order valence-electron chi connectivity index (χ2n) is 8.74. The van der Waals surface area contributed by atoms with Crippen molar-refractivity contribution in [3.63, 3.8) is 0 Å². The predicted molar refractivity (Wildman–Crippen MR) is 136 cm³/mol. The van der Waals surface area contributed by atoms with Crippen LogP contribution < -0.4 is 15.4 Å². The van der Waals surface area contributed by atoms with Crippen LogP contribution in [0.25, 0.3) is 11.3 Å². The van der Waals surface area contributed by atoms with Crippen molar-refractivity contribution in [2.45, 2.75) is 45.8 Å². The minimum atomic E-state index is -3.95. The molecular weight excluding hydrogens is 470 g/mol. The van der Waals surface area contributed by atoms with Gasteiger partial charge in [-0.15, -0.1) is 0 Å². The molecule has 7 nitrogen and oxygen atoms in total. The van der Waals surface area contributed by atoms with Gasteiger partial charge in [-0.1, -0.05) is 12.1 Å². The zero-order valence-electron chi connectivity index (χ0n) is 20.2. The van der Waals surface area contributed by atoms with Crippen molar-refractivity contribution in [1.29, 1.82) is 0 Å². The maximum absolute atomic E-state index is 14.2. The van der Waals surface area contributed by atoms with Crippen molar-refractivity contribution in [1.82, 2.24) is 5.32 Å². The molecule has 0 spiro atoms. The van der Waals surface area contributed by atoms with E-state index in [0.717, 1.165) is 41.0 Å². The summed E-state index contributed by atoms with van der Waals surface area (Å²) in [6, 6.07) is 14.9. The van der Waals surface area contributed by atoms with E-state index in [4.69, 9.17) is 18.9 Å². The van der Waals surface area contributed by atoms with Gasteiger partial charge < -0.3 is 29.6 Å². The number of halogens is 1. The van der Waals surface area contributed by atoms with Gasteiger partial charge in [0.15, 0.2) is 11.6 Å². The highest BCUT2D eigenvalue weighted by Crippen LogP contribution is 2.34. The Morgan fingerprint density at radius 1 is 1.06 bits per heavy atom. The molecule has 0 fully saturated rings. The van der Waals surface area contributed by atoms with Crippen LogP contribution in [-0.2, 0) is 17.5 Å². The molecule has 3 rings (SSSR count). The average Bonchev–Trinajstić information content (AvgIpc) is 3.32. The Bertz CT molecular complexity index is 1110. The van der Waals surface area contributed by atoms with Gasteiger partial charge in [-0.3, -0.25) is 4.57 Å². The van der Waals surface area contributed by atoms with Crippen LogP contribution in [0.2, 0.25) is 0 Å².